The van der Waals surface area contributed by atoms with Crippen molar-refractivity contribution in [2.75, 3.05) is 5.32 Å². The van der Waals surface area contributed by atoms with Gasteiger partial charge >= 0.3 is 5.97 Å². The lowest BCUT2D eigenvalue weighted by molar-refractivity contribution is -0.358. The van der Waals surface area contributed by atoms with E-state index in [0.29, 0.717) is 12.4 Å². The first-order chi connectivity index (χ1) is 8.61. The van der Waals surface area contributed by atoms with Gasteiger partial charge in [-0.1, -0.05) is 0 Å². The predicted octanol–water partition coefficient (Wildman–Crippen LogP) is 1.00. The molecule has 2 heterocycles. The van der Waals surface area contributed by atoms with Crippen LogP contribution in [0.25, 0.3) is 0 Å². The molecule has 1 saturated heterocycles. The molecule has 0 saturated carbocycles. The first kappa shape index (κ1) is 12.6. The van der Waals surface area contributed by atoms with Gasteiger partial charge < -0.3 is 19.9 Å². The van der Waals surface area contributed by atoms with Gasteiger partial charge in [0.1, 0.15) is 11.4 Å². The van der Waals surface area contributed by atoms with Crippen LogP contribution in [0.5, 0.6) is 0 Å². The molecular formula is C11H15N3O4. The van der Waals surface area contributed by atoms with Crippen LogP contribution >= 0.6 is 0 Å². The first-order valence-electron chi connectivity index (χ1n) is 5.64. The van der Waals surface area contributed by atoms with Crippen LogP contribution < -0.4 is 5.32 Å². The van der Waals surface area contributed by atoms with E-state index in [1.807, 2.05) is 6.92 Å². The lowest BCUT2D eigenvalue weighted by Gasteiger charge is -2.33. The quantitative estimate of drug-likeness (QED) is 0.761. The zero-order valence-corrected chi connectivity index (χ0v) is 10.2. The van der Waals surface area contributed by atoms with Crippen molar-refractivity contribution in [2.45, 2.75) is 33.0 Å². The van der Waals surface area contributed by atoms with Crippen molar-refractivity contribution >= 4 is 11.8 Å². The van der Waals surface area contributed by atoms with E-state index >= 15 is 0 Å². The van der Waals surface area contributed by atoms with Crippen molar-refractivity contribution in [3.8, 4) is 0 Å². The summed E-state index contributed by atoms with van der Waals surface area (Å²) in [4.78, 5) is 11.1. The zero-order chi connectivity index (χ0) is 13.1. The highest BCUT2D eigenvalue weighted by molar-refractivity contribution is 5.88. The summed E-state index contributed by atoms with van der Waals surface area (Å²) in [7, 11) is 0. The molecular weight excluding hydrogens is 238 g/mol. The van der Waals surface area contributed by atoms with Gasteiger partial charge in [0, 0.05) is 18.8 Å². The number of aryl methyl sites for hydroxylation is 1. The van der Waals surface area contributed by atoms with E-state index in [1.165, 1.54) is 6.20 Å². The number of aliphatic carboxylic acids is 1. The van der Waals surface area contributed by atoms with Crippen molar-refractivity contribution < 1.29 is 19.4 Å². The molecule has 1 aromatic heterocycles. The third-order valence-electron chi connectivity index (χ3n) is 2.52. The molecule has 0 bridgehead atoms. The van der Waals surface area contributed by atoms with Crippen LogP contribution in [0.2, 0.25) is 0 Å². The highest BCUT2D eigenvalue weighted by atomic mass is 16.9. The Balaban J connectivity index is 2.07. The predicted molar refractivity (Wildman–Crippen MR) is 62.7 cm³/mol. The number of carboxylic acids is 1. The minimum Gasteiger partial charge on any atom is -0.478 e. The molecule has 2 rings (SSSR count). The summed E-state index contributed by atoms with van der Waals surface area (Å²) in [5.41, 5.74) is 0.0250. The van der Waals surface area contributed by atoms with Crippen LogP contribution in [0.4, 0.5) is 5.82 Å². The molecule has 0 amide bonds. The maximum atomic E-state index is 11.1. The second-order valence-electron chi connectivity index (χ2n) is 3.75. The van der Waals surface area contributed by atoms with Crippen LogP contribution in [-0.2, 0) is 20.8 Å². The number of hydrogen-bond donors (Lipinski definition) is 2. The first-order valence-corrected chi connectivity index (χ1v) is 5.64. The molecule has 0 radical (unpaired) electrons. The van der Waals surface area contributed by atoms with E-state index < -0.39 is 12.3 Å². The summed E-state index contributed by atoms with van der Waals surface area (Å²) in [6.07, 6.45) is 1.82. The molecule has 0 aliphatic carbocycles. The van der Waals surface area contributed by atoms with E-state index in [4.69, 9.17) is 14.6 Å². The van der Waals surface area contributed by atoms with E-state index in [9.17, 15) is 4.79 Å². The number of aromatic nitrogens is 2. The normalized spacial score (nSPS) is 23.6. The standard InChI is InChI=1S/C11H15N3O4/c1-3-14-9(4-5-13-14)12-6-8(10(15)16)11-17-7(2)18-11/h4-7,11-12H,3H2,1-2H3,(H,15,16)/b8-6-. The largest absolute Gasteiger partial charge is 0.478 e. The Hall–Kier alpha value is -1.86. The second kappa shape index (κ2) is 5.19. The lowest BCUT2D eigenvalue weighted by Crippen LogP contribution is -2.42. The Labute approximate surface area is 104 Å². The van der Waals surface area contributed by atoms with Crippen molar-refractivity contribution in [2.24, 2.45) is 0 Å². The molecule has 7 heteroatoms. The maximum absolute atomic E-state index is 11.1. The van der Waals surface area contributed by atoms with Gasteiger partial charge in [-0.25, -0.2) is 9.48 Å². The Morgan fingerprint density at radius 2 is 2.39 bits per heavy atom. The molecule has 1 fully saturated rings. The molecule has 0 atom stereocenters. The molecule has 1 aliphatic rings. The maximum Gasteiger partial charge on any atom is 0.338 e. The van der Waals surface area contributed by atoms with E-state index in [2.05, 4.69) is 10.4 Å². The summed E-state index contributed by atoms with van der Waals surface area (Å²) < 4.78 is 12.0. The minimum atomic E-state index is -1.08. The highest BCUT2D eigenvalue weighted by Crippen LogP contribution is 2.23. The van der Waals surface area contributed by atoms with Crippen molar-refractivity contribution in [3.63, 3.8) is 0 Å². The van der Waals surface area contributed by atoms with Crippen LogP contribution in [0.3, 0.4) is 0 Å². The SMILES string of the molecule is CCn1nccc1N/C=C(/C(=O)O)C1OC(C)O1. The topological polar surface area (TPSA) is 85.6 Å². The Bertz CT molecular complexity index is 463. The fraction of sp³-hybridized carbons (Fsp3) is 0.455. The van der Waals surface area contributed by atoms with Gasteiger partial charge in [0.25, 0.3) is 0 Å². The molecule has 98 valence electrons. The van der Waals surface area contributed by atoms with E-state index in [1.54, 1.807) is 23.9 Å². The average Bonchev–Trinajstić information content (AvgIpc) is 2.73. The smallest absolute Gasteiger partial charge is 0.338 e. The third kappa shape index (κ3) is 2.52. The summed E-state index contributed by atoms with van der Waals surface area (Å²) in [5.74, 6) is -0.370. The van der Waals surface area contributed by atoms with Crippen LogP contribution in [0.15, 0.2) is 24.0 Å². The fourth-order valence-corrected chi connectivity index (χ4v) is 1.59. The van der Waals surface area contributed by atoms with Gasteiger partial charge in [-0.2, -0.15) is 5.10 Å². The van der Waals surface area contributed by atoms with Crippen LogP contribution in [0, 0.1) is 0 Å². The van der Waals surface area contributed by atoms with Crippen LogP contribution in [-0.4, -0.2) is 33.4 Å². The molecule has 18 heavy (non-hydrogen) atoms. The Kier molecular flexibility index (Phi) is 3.63. The Morgan fingerprint density at radius 3 is 2.94 bits per heavy atom. The third-order valence-corrected chi connectivity index (χ3v) is 2.52. The molecule has 7 nitrogen and oxygen atoms in total. The summed E-state index contributed by atoms with van der Waals surface area (Å²) in [5, 5.41) is 16.0. The van der Waals surface area contributed by atoms with Gasteiger partial charge in [-0.3, -0.25) is 0 Å². The van der Waals surface area contributed by atoms with Crippen molar-refractivity contribution in [1.29, 1.82) is 0 Å². The molecule has 2 N–H and O–H groups in total. The molecule has 0 unspecified atom stereocenters. The zero-order valence-electron chi connectivity index (χ0n) is 10.2. The number of rotatable bonds is 5. The summed E-state index contributed by atoms with van der Waals surface area (Å²) in [6.45, 7) is 4.34. The number of carbonyl (C=O) groups is 1. The lowest BCUT2D eigenvalue weighted by atomic mass is 10.2. The number of nitrogens with zero attached hydrogens (tertiary/aromatic N) is 2. The molecule has 1 aliphatic heterocycles. The van der Waals surface area contributed by atoms with Gasteiger partial charge in [0.2, 0.25) is 0 Å². The number of hydrogen-bond acceptors (Lipinski definition) is 5. The Morgan fingerprint density at radius 1 is 1.67 bits per heavy atom. The van der Waals surface area contributed by atoms with Crippen molar-refractivity contribution in [1.82, 2.24) is 9.78 Å². The van der Waals surface area contributed by atoms with Gasteiger partial charge in [0.15, 0.2) is 12.6 Å². The number of nitrogens with one attached hydrogen (secondary N) is 1. The van der Waals surface area contributed by atoms with Gasteiger partial charge in [0.05, 0.1) is 6.20 Å². The number of carboxylic acid groups (broad SMARTS) is 1. The highest BCUT2D eigenvalue weighted by Gasteiger charge is 2.34. The number of anilines is 1. The average molecular weight is 253 g/mol. The molecule has 0 aromatic carbocycles. The second-order valence-corrected chi connectivity index (χ2v) is 3.75. The monoisotopic (exact) mass is 253 g/mol. The van der Waals surface area contributed by atoms with Crippen LogP contribution in [0.1, 0.15) is 13.8 Å². The fourth-order valence-electron chi connectivity index (χ4n) is 1.59. The van der Waals surface area contributed by atoms with E-state index in [-0.39, 0.29) is 11.9 Å². The van der Waals surface area contributed by atoms with Gasteiger partial charge in [-0.05, 0) is 13.8 Å². The van der Waals surface area contributed by atoms with E-state index in [0.717, 1.165) is 0 Å². The molecule has 1 aromatic rings. The number of ether oxygens (including phenoxy) is 2. The molecule has 0 spiro atoms. The van der Waals surface area contributed by atoms with Gasteiger partial charge in [-0.15, -0.1) is 0 Å². The minimum absolute atomic E-state index is 0.0250. The van der Waals surface area contributed by atoms with Crippen molar-refractivity contribution in [3.05, 3.63) is 24.0 Å². The summed E-state index contributed by atoms with van der Waals surface area (Å²) >= 11 is 0. The summed E-state index contributed by atoms with van der Waals surface area (Å²) in [6, 6.07) is 1.75.